The molecule has 0 aliphatic carbocycles. The van der Waals surface area contributed by atoms with Crippen molar-refractivity contribution in [2.75, 3.05) is 19.7 Å². The molecule has 0 spiro atoms. The van der Waals surface area contributed by atoms with Crippen LogP contribution in [-0.2, 0) is 20.9 Å². The molecule has 2 atom stereocenters. The molecule has 0 bridgehead atoms. The summed E-state index contributed by atoms with van der Waals surface area (Å²) in [7, 11) is 0. The molecule has 4 amide bonds. The van der Waals surface area contributed by atoms with Gasteiger partial charge >= 0.3 is 6.03 Å². The Labute approximate surface area is 185 Å². The van der Waals surface area contributed by atoms with Crippen LogP contribution in [0.5, 0.6) is 0 Å². The summed E-state index contributed by atoms with van der Waals surface area (Å²) >= 11 is 6.15. The summed E-state index contributed by atoms with van der Waals surface area (Å²) < 4.78 is 5.81. The van der Waals surface area contributed by atoms with E-state index in [9.17, 15) is 14.4 Å². The number of imide groups is 1. The van der Waals surface area contributed by atoms with Crippen LogP contribution in [0.4, 0.5) is 4.79 Å². The fourth-order valence-electron chi connectivity index (χ4n) is 3.89. The molecule has 0 saturated carbocycles. The highest BCUT2D eigenvalue weighted by atomic mass is 35.5. The Bertz CT molecular complexity index is 968. The van der Waals surface area contributed by atoms with Crippen LogP contribution in [0.25, 0.3) is 0 Å². The maximum absolute atomic E-state index is 12.8. The third-order valence-corrected chi connectivity index (χ3v) is 6.00. The number of ether oxygens (including phenoxy) is 1. The van der Waals surface area contributed by atoms with Gasteiger partial charge in [-0.1, -0.05) is 60.1 Å². The Hall–Kier alpha value is -2.90. The normalized spacial score (nSPS) is 21.3. The lowest BCUT2D eigenvalue weighted by molar-refractivity contribution is -0.139. The molecule has 8 heteroatoms. The van der Waals surface area contributed by atoms with Crippen molar-refractivity contribution in [3.05, 3.63) is 70.7 Å². The predicted octanol–water partition coefficient (Wildman–Crippen LogP) is 3.14. The molecule has 2 aliphatic rings. The minimum absolute atomic E-state index is 0.0455. The van der Waals surface area contributed by atoms with Gasteiger partial charge in [0.1, 0.15) is 12.1 Å². The molecule has 0 radical (unpaired) electrons. The van der Waals surface area contributed by atoms with Crippen LogP contribution >= 0.6 is 11.6 Å². The van der Waals surface area contributed by atoms with E-state index in [1.807, 2.05) is 30.3 Å². The van der Waals surface area contributed by atoms with Crippen molar-refractivity contribution < 1.29 is 19.1 Å². The number of hydrogen-bond acceptors (Lipinski definition) is 4. The van der Waals surface area contributed by atoms with Crippen LogP contribution in [0.2, 0.25) is 5.02 Å². The number of morpholine rings is 1. The van der Waals surface area contributed by atoms with Crippen LogP contribution in [-0.4, -0.2) is 53.4 Å². The zero-order valence-electron chi connectivity index (χ0n) is 17.0. The van der Waals surface area contributed by atoms with E-state index in [2.05, 4.69) is 5.32 Å². The lowest BCUT2D eigenvalue weighted by Gasteiger charge is -2.33. The number of carbonyl (C=O) groups excluding carboxylic acids is 3. The number of nitrogens with one attached hydrogen (secondary N) is 1. The van der Waals surface area contributed by atoms with E-state index in [0.717, 1.165) is 10.5 Å². The monoisotopic (exact) mass is 441 g/mol. The van der Waals surface area contributed by atoms with Gasteiger partial charge in [-0.05, 0) is 23.6 Å². The average molecular weight is 442 g/mol. The number of benzene rings is 2. The molecular weight excluding hydrogens is 418 g/mol. The summed E-state index contributed by atoms with van der Waals surface area (Å²) in [6, 6.07) is 15.7. The van der Waals surface area contributed by atoms with Crippen LogP contribution in [0.3, 0.4) is 0 Å². The van der Waals surface area contributed by atoms with Crippen molar-refractivity contribution in [1.29, 1.82) is 0 Å². The Balaban J connectivity index is 1.31. The zero-order chi connectivity index (χ0) is 21.8. The molecule has 2 aromatic rings. The van der Waals surface area contributed by atoms with Gasteiger partial charge in [0.25, 0.3) is 5.91 Å². The number of amides is 4. The Kier molecular flexibility index (Phi) is 6.53. The van der Waals surface area contributed by atoms with Crippen molar-refractivity contribution in [2.45, 2.75) is 31.5 Å². The third kappa shape index (κ3) is 4.89. The highest BCUT2D eigenvalue weighted by Gasteiger charge is 2.38. The largest absolute Gasteiger partial charge is 0.370 e. The van der Waals surface area contributed by atoms with Crippen molar-refractivity contribution in [1.82, 2.24) is 15.1 Å². The molecule has 1 N–H and O–H groups in total. The fraction of sp³-hybridized carbons (Fsp3) is 0.348. The predicted molar refractivity (Wildman–Crippen MR) is 115 cm³/mol. The van der Waals surface area contributed by atoms with Gasteiger partial charge in [-0.15, -0.1) is 0 Å². The summed E-state index contributed by atoms with van der Waals surface area (Å²) in [5, 5.41) is 3.19. The van der Waals surface area contributed by atoms with Crippen LogP contribution in [0.1, 0.15) is 30.1 Å². The SMILES string of the molecule is O=C(CC[C@@H]1NC(=O)N(Cc2ccccc2Cl)C1=O)N1CCO[C@H](c2ccccc2)C1. The van der Waals surface area contributed by atoms with Gasteiger partial charge in [-0.2, -0.15) is 0 Å². The highest BCUT2D eigenvalue weighted by Crippen LogP contribution is 2.24. The summed E-state index contributed by atoms with van der Waals surface area (Å²) in [6.45, 7) is 1.57. The summed E-state index contributed by atoms with van der Waals surface area (Å²) in [6.07, 6.45) is 0.284. The van der Waals surface area contributed by atoms with E-state index in [1.54, 1.807) is 29.2 Å². The summed E-state index contributed by atoms with van der Waals surface area (Å²) in [5.41, 5.74) is 1.73. The first-order valence-electron chi connectivity index (χ1n) is 10.3. The van der Waals surface area contributed by atoms with E-state index in [1.165, 1.54) is 0 Å². The number of hydrogen-bond donors (Lipinski definition) is 1. The second-order valence-corrected chi connectivity index (χ2v) is 8.07. The van der Waals surface area contributed by atoms with E-state index < -0.39 is 12.1 Å². The maximum atomic E-state index is 12.8. The minimum Gasteiger partial charge on any atom is -0.370 e. The number of urea groups is 1. The molecule has 31 heavy (non-hydrogen) atoms. The number of carbonyl (C=O) groups is 3. The Morgan fingerprint density at radius 1 is 1.10 bits per heavy atom. The molecule has 7 nitrogen and oxygen atoms in total. The molecule has 2 heterocycles. The van der Waals surface area contributed by atoms with Crippen molar-refractivity contribution >= 4 is 29.4 Å². The van der Waals surface area contributed by atoms with E-state index in [0.29, 0.717) is 30.3 Å². The summed E-state index contributed by atoms with van der Waals surface area (Å²) in [4.78, 5) is 40.7. The molecule has 162 valence electrons. The highest BCUT2D eigenvalue weighted by molar-refractivity contribution is 6.31. The van der Waals surface area contributed by atoms with E-state index in [4.69, 9.17) is 16.3 Å². The molecule has 0 aromatic heterocycles. The zero-order valence-corrected chi connectivity index (χ0v) is 17.8. The van der Waals surface area contributed by atoms with Crippen molar-refractivity contribution in [2.24, 2.45) is 0 Å². The van der Waals surface area contributed by atoms with Crippen molar-refractivity contribution in [3.63, 3.8) is 0 Å². The first kappa shape index (κ1) is 21.3. The van der Waals surface area contributed by atoms with Gasteiger partial charge in [-0.3, -0.25) is 14.5 Å². The van der Waals surface area contributed by atoms with E-state index in [-0.39, 0.29) is 37.3 Å². The maximum Gasteiger partial charge on any atom is 0.325 e. The fourth-order valence-corrected chi connectivity index (χ4v) is 4.09. The Morgan fingerprint density at radius 2 is 1.84 bits per heavy atom. The van der Waals surface area contributed by atoms with Crippen LogP contribution in [0.15, 0.2) is 54.6 Å². The topological polar surface area (TPSA) is 79.0 Å². The van der Waals surface area contributed by atoms with Gasteiger partial charge in [0.15, 0.2) is 0 Å². The number of rotatable bonds is 6. The van der Waals surface area contributed by atoms with Gasteiger partial charge in [-0.25, -0.2) is 4.79 Å². The molecule has 2 aliphatic heterocycles. The van der Waals surface area contributed by atoms with Gasteiger partial charge in [0.05, 0.1) is 19.7 Å². The summed E-state index contributed by atoms with van der Waals surface area (Å²) in [5.74, 6) is -0.377. The minimum atomic E-state index is -0.704. The lowest BCUT2D eigenvalue weighted by Crippen LogP contribution is -2.43. The van der Waals surface area contributed by atoms with Gasteiger partial charge in [0.2, 0.25) is 5.91 Å². The quantitative estimate of drug-likeness (QED) is 0.698. The number of nitrogens with zero attached hydrogens (tertiary/aromatic N) is 2. The molecule has 0 unspecified atom stereocenters. The molecule has 2 saturated heterocycles. The Morgan fingerprint density at radius 3 is 2.61 bits per heavy atom. The van der Waals surface area contributed by atoms with Crippen LogP contribution < -0.4 is 5.32 Å². The van der Waals surface area contributed by atoms with E-state index >= 15 is 0 Å². The molecular formula is C23H24ClN3O4. The van der Waals surface area contributed by atoms with Crippen molar-refractivity contribution in [3.8, 4) is 0 Å². The second-order valence-electron chi connectivity index (χ2n) is 7.67. The lowest BCUT2D eigenvalue weighted by atomic mass is 10.1. The second kappa shape index (κ2) is 9.49. The first-order chi connectivity index (χ1) is 15.0. The van der Waals surface area contributed by atoms with Gasteiger partial charge in [0, 0.05) is 18.0 Å². The first-order valence-corrected chi connectivity index (χ1v) is 10.7. The number of halogens is 1. The third-order valence-electron chi connectivity index (χ3n) is 5.63. The molecule has 2 aromatic carbocycles. The smallest absolute Gasteiger partial charge is 0.325 e. The molecule has 4 rings (SSSR count). The molecule has 2 fully saturated rings. The average Bonchev–Trinajstić information content (AvgIpc) is 3.07. The standard InChI is InChI=1S/C23H24ClN3O4/c24-18-9-5-4-8-17(18)14-27-22(29)19(25-23(27)30)10-11-21(28)26-12-13-31-20(15-26)16-6-2-1-3-7-16/h1-9,19-20H,10-15H2,(H,25,30)/t19-,20-/m0/s1. The van der Waals surface area contributed by atoms with Gasteiger partial charge < -0.3 is 15.0 Å². The van der Waals surface area contributed by atoms with Crippen LogP contribution in [0, 0.1) is 0 Å².